The highest BCUT2D eigenvalue weighted by Crippen LogP contribution is 2.32. The van der Waals surface area contributed by atoms with E-state index in [1.54, 1.807) is 23.9 Å². The van der Waals surface area contributed by atoms with Crippen LogP contribution in [0.4, 0.5) is 0 Å². The quantitative estimate of drug-likeness (QED) is 0.703. The summed E-state index contributed by atoms with van der Waals surface area (Å²) in [5, 5.41) is 19.2. The van der Waals surface area contributed by atoms with Gasteiger partial charge in [-0.05, 0) is 30.0 Å². The largest absolute Gasteiger partial charge is 0.477 e. The van der Waals surface area contributed by atoms with Crippen molar-refractivity contribution >= 4 is 28.5 Å². The van der Waals surface area contributed by atoms with Gasteiger partial charge in [-0.2, -0.15) is 0 Å². The van der Waals surface area contributed by atoms with Crippen molar-refractivity contribution in [3.05, 3.63) is 47.8 Å². The number of aromatic carboxylic acids is 1. The number of hydrogen-bond acceptors (Lipinski definition) is 4. The Bertz CT molecular complexity index is 931. The minimum absolute atomic E-state index is 0.221. The van der Waals surface area contributed by atoms with E-state index < -0.39 is 11.6 Å². The lowest BCUT2D eigenvalue weighted by atomic mass is 9.94. The third-order valence-corrected chi connectivity index (χ3v) is 5.30. The molecule has 1 atom stereocenters. The fourth-order valence-electron chi connectivity index (χ4n) is 3.57. The molecule has 1 unspecified atom stereocenters. The van der Waals surface area contributed by atoms with Crippen molar-refractivity contribution < 1.29 is 15.0 Å². The van der Waals surface area contributed by atoms with Gasteiger partial charge in [0.25, 0.3) is 0 Å². The van der Waals surface area contributed by atoms with Gasteiger partial charge in [0.1, 0.15) is 16.6 Å². The van der Waals surface area contributed by atoms with Gasteiger partial charge in [-0.15, -0.1) is 0 Å². The van der Waals surface area contributed by atoms with Gasteiger partial charge in [0, 0.05) is 25.2 Å². The fraction of sp³-hybridized carbons (Fsp3) is 0.381. The third-order valence-electron chi connectivity index (χ3n) is 5.00. The van der Waals surface area contributed by atoms with Crippen LogP contribution in [0.1, 0.15) is 42.2 Å². The molecule has 2 aromatic rings. The average molecular weight is 402 g/mol. The zero-order chi connectivity index (χ0) is 20.3. The summed E-state index contributed by atoms with van der Waals surface area (Å²) >= 11 is 6.16. The van der Waals surface area contributed by atoms with E-state index in [2.05, 4.69) is 16.9 Å². The van der Waals surface area contributed by atoms with Crippen molar-refractivity contribution in [1.29, 1.82) is 0 Å². The van der Waals surface area contributed by atoms with Gasteiger partial charge < -0.3 is 14.8 Å². The van der Waals surface area contributed by atoms with Gasteiger partial charge >= 0.3 is 5.97 Å². The van der Waals surface area contributed by atoms with Crippen molar-refractivity contribution in [2.24, 2.45) is 17.0 Å². The van der Waals surface area contributed by atoms with E-state index in [4.69, 9.17) is 11.6 Å². The summed E-state index contributed by atoms with van der Waals surface area (Å²) in [6.45, 7) is 1.89. The van der Waals surface area contributed by atoms with Crippen molar-refractivity contribution in [2.75, 3.05) is 6.61 Å². The van der Waals surface area contributed by atoms with Crippen LogP contribution in [0.15, 0.2) is 46.5 Å². The predicted octanol–water partition coefficient (Wildman–Crippen LogP) is 3.90. The highest BCUT2D eigenvalue weighted by molar-refractivity contribution is 6.84. The molecule has 0 spiro atoms. The number of hydrogen-bond donors (Lipinski definition) is 2. The Balaban J connectivity index is 1.87. The summed E-state index contributed by atoms with van der Waals surface area (Å²) in [5.74, 6) is -0.953. The molecule has 0 bridgehead atoms. The molecule has 7 heteroatoms. The summed E-state index contributed by atoms with van der Waals surface area (Å²) in [6, 6.07) is 9.58. The molecule has 0 saturated carbocycles. The van der Waals surface area contributed by atoms with E-state index >= 15 is 0 Å². The van der Waals surface area contributed by atoms with E-state index in [0.717, 1.165) is 30.4 Å². The number of nitrogens with zero attached hydrogens (tertiary/aromatic N) is 3. The maximum absolute atomic E-state index is 11.5. The van der Waals surface area contributed by atoms with Gasteiger partial charge in [-0.3, -0.25) is 4.99 Å². The molecule has 6 nitrogen and oxygen atoms in total. The highest BCUT2D eigenvalue weighted by atomic mass is 35.5. The zero-order valence-corrected chi connectivity index (χ0v) is 16.8. The van der Waals surface area contributed by atoms with Crippen LogP contribution in [0, 0.1) is 0 Å². The smallest absolute Gasteiger partial charge is 0.353 e. The maximum atomic E-state index is 11.5. The number of aromatic nitrogens is 1. The van der Waals surface area contributed by atoms with E-state index in [0.29, 0.717) is 17.7 Å². The summed E-state index contributed by atoms with van der Waals surface area (Å²) in [6.07, 6.45) is 5.05. The molecule has 0 saturated heterocycles. The lowest BCUT2D eigenvalue weighted by Gasteiger charge is -2.23. The number of benzene rings is 1. The van der Waals surface area contributed by atoms with Gasteiger partial charge in [0.15, 0.2) is 5.66 Å². The number of aliphatic hydroxyl groups excluding tert-OH is 1. The number of aryl methyl sites for hydroxylation is 1. The Kier molecular flexibility index (Phi) is 6.01. The highest BCUT2D eigenvalue weighted by Gasteiger charge is 2.35. The van der Waals surface area contributed by atoms with E-state index in [-0.39, 0.29) is 17.5 Å². The molecular weight excluding hydrogens is 378 g/mol. The van der Waals surface area contributed by atoms with Crippen molar-refractivity contribution in [2.45, 2.75) is 38.3 Å². The molecule has 2 N–H and O–H groups in total. The number of halogens is 1. The first-order valence-electron chi connectivity index (χ1n) is 9.32. The molecule has 3 rings (SSSR count). The Labute approximate surface area is 169 Å². The molecule has 28 heavy (non-hydrogen) atoms. The second-order valence-electron chi connectivity index (χ2n) is 7.07. The van der Waals surface area contributed by atoms with Crippen LogP contribution in [-0.4, -0.2) is 43.9 Å². The van der Waals surface area contributed by atoms with Crippen LogP contribution in [0.25, 0.3) is 11.1 Å². The number of carbonyl (C=O) groups is 1. The fourth-order valence-corrected chi connectivity index (χ4v) is 3.83. The molecule has 1 aromatic heterocycles. The van der Waals surface area contributed by atoms with Crippen molar-refractivity contribution in [3.63, 3.8) is 0 Å². The number of aliphatic hydroxyl groups is 1. The van der Waals surface area contributed by atoms with Crippen LogP contribution < -0.4 is 0 Å². The molecule has 0 radical (unpaired) electrons. The minimum atomic E-state index is -0.953. The molecule has 1 aliphatic rings. The summed E-state index contributed by atoms with van der Waals surface area (Å²) < 4.78 is 1.60. The lowest BCUT2D eigenvalue weighted by molar-refractivity contribution is 0.0687. The summed E-state index contributed by atoms with van der Waals surface area (Å²) in [4.78, 5) is 20.7. The number of rotatable bonds is 8. The monoisotopic (exact) mass is 401 g/mol. The minimum Gasteiger partial charge on any atom is -0.477 e. The number of carboxylic acid groups (broad SMARTS) is 1. The SMILES string of the molecule is CCCCC1(Cc2ccc(-c3ccn(C)c3C(=O)O)cc2)N=C(Cl)C(CO)=N1. The molecule has 148 valence electrons. The second kappa shape index (κ2) is 8.29. The van der Waals surface area contributed by atoms with Gasteiger partial charge in [0.2, 0.25) is 0 Å². The van der Waals surface area contributed by atoms with Gasteiger partial charge in [0.05, 0.1) is 6.61 Å². The third kappa shape index (κ3) is 4.03. The average Bonchev–Trinajstić information content (AvgIpc) is 3.21. The second-order valence-corrected chi connectivity index (χ2v) is 7.43. The Morgan fingerprint density at radius 3 is 2.50 bits per heavy atom. The first-order valence-corrected chi connectivity index (χ1v) is 9.70. The van der Waals surface area contributed by atoms with E-state index in [1.807, 2.05) is 24.3 Å². The summed E-state index contributed by atoms with van der Waals surface area (Å²) in [7, 11) is 1.72. The standard InChI is InChI=1S/C21H24ClN3O3/c1-3-4-10-21(23-17(13-26)19(22)24-21)12-14-5-7-15(8-6-14)16-9-11-25(2)18(16)20(27)28/h5-9,11,26H,3-4,10,12-13H2,1-2H3,(H,27,28). The zero-order valence-electron chi connectivity index (χ0n) is 16.0. The first-order chi connectivity index (χ1) is 13.4. The number of aliphatic imine (C=N–C) groups is 2. The van der Waals surface area contributed by atoms with Gasteiger partial charge in [-0.25, -0.2) is 9.79 Å². The lowest BCUT2D eigenvalue weighted by Crippen LogP contribution is -2.25. The van der Waals surface area contributed by atoms with Crippen LogP contribution in [-0.2, 0) is 13.5 Å². The molecular formula is C21H24ClN3O3. The molecule has 0 amide bonds. The number of unbranched alkanes of at least 4 members (excludes halogenated alkanes) is 1. The Hall–Kier alpha value is -2.44. The topological polar surface area (TPSA) is 87.2 Å². The molecule has 2 heterocycles. The van der Waals surface area contributed by atoms with Crippen LogP contribution in [0.2, 0.25) is 0 Å². The predicted molar refractivity (Wildman–Crippen MR) is 112 cm³/mol. The number of carboxylic acids is 1. The van der Waals surface area contributed by atoms with Gasteiger partial charge in [-0.1, -0.05) is 49.2 Å². The van der Waals surface area contributed by atoms with Crippen molar-refractivity contribution in [1.82, 2.24) is 4.57 Å². The van der Waals surface area contributed by atoms with Crippen LogP contribution >= 0.6 is 11.6 Å². The van der Waals surface area contributed by atoms with Crippen LogP contribution in [0.3, 0.4) is 0 Å². The molecule has 1 aliphatic heterocycles. The van der Waals surface area contributed by atoms with E-state index in [1.165, 1.54) is 0 Å². The molecule has 0 fully saturated rings. The Morgan fingerprint density at radius 2 is 1.93 bits per heavy atom. The molecule has 1 aromatic carbocycles. The summed E-state index contributed by atoms with van der Waals surface area (Å²) in [5.41, 5.74) is 2.58. The Morgan fingerprint density at radius 1 is 1.21 bits per heavy atom. The van der Waals surface area contributed by atoms with E-state index in [9.17, 15) is 15.0 Å². The normalized spacial score (nSPS) is 18.9. The molecule has 0 aliphatic carbocycles. The van der Waals surface area contributed by atoms with Crippen LogP contribution in [0.5, 0.6) is 0 Å². The van der Waals surface area contributed by atoms with Crippen molar-refractivity contribution in [3.8, 4) is 11.1 Å². The first kappa shape index (κ1) is 20.3. The maximum Gasteiger partial charge on any atom is 0.353 e.